The Bertz CT molecular complexity index is 1130. The van der Waals surface area contributed by atoms with Gasteiger partial charge in [-0.1, -0.05) is 106 Å². The summed E-state index contributed by atoms with van der Waals surface area (Å²) in [6.45, 7) is 4.43. The SMILES string of the molecule is CCCCCCCCCc1ccc(OCCOCCN(C)C(=O)OCC2c3ccccc3-c3ccccc32)cc1. The summed E-state index contributed by atoms with van der Waals surface area (Å²) in [6.07, 6.45) is 10.1. The summed E-state index contributed by atoms with van der Waals surface area (Å²) in [7, 11) is 1.74. The van der Waals surface area contributed by atoms with E-state index in [9.17, 15) is 4.79 Å². The van der Waals surface area contributed by atoms with Crippen LogP contribution < -0.4 is 4.74 Å². The van der Waals surface area contributed by atoms with E-state index in [1.165, 1.54) is 72.8 Å². The Hall–Kier alpha value is -3.31. The summed E-state index contributed by atoms with van der Waals surface area (Å²) in [4.78, 5) is 14.2. The van der Waals surface area contributed by atoms with Gasteiger partial charge in [-0.2, -0.15) is 0 Å². The summed E-state index contributed by atoms with van der Waals surface area (Å²) in [6, 6.07) is 25.1. The van der Waals surface area contributed by atoms with Gasteiger partial charge in [0, 0.05) is 19.5 Å². The molecule has 3 aromatic carbocycles. The fraction of sp³-hybridized carbons (Fsp3) is 0.457. The normalized spacial score (nSPS) is 12.2. The number of rotatable bonds is 17. The number of fused-ring (bicyclic) bond motifs is 3. The van der Waals surface area contributed by atoms with Crippen molar-refractivity contribution in [1.29, 1.82) is 0 Å². The van der Waals surface area contributed by atoms with Crippen LogP contribution in [0.1, 0.15) is 74.5 Å². The first-order chi connectivity index (χ1) is 19.7. The second-order valence-corrected chi connectivity index (χ2v) is 10.7. The summed E-state index contributed by atoms with van der Waals surface area (Å²) in [5.41, 5.74) is 6.24. The minimum atomic E-state index is -0.335. The number of likely N-dealkylation sites (N-methyl/N-ethyl adjacent to an activating group) is 1. The molecule has 1 aliphatic rings. The van der Waals surface area contributed by atoms with Crippen LogP contribution in [0.4, 0.5) is 4.79 Å². The molecule has 0 saturated carbocycles. The minimum Gasteiger partial charge on any atom is -0.491 e. The molecule has 0 bridgehead atoms. The number of carbonyl (C=O) groups is 1. The molecule has 40 heavy (non-hydrogen) atoms. The summed E-state index contributed by atoms with van der Waals surface area (Å²) in [5, 5.41) is 0. The molecule has 0 radical (unpaired) electrons. The van der Waals surface area contributed by atoms with Gasteiger partial charge in [0.1, 0.15) is 19.0 Å². The Morgan fingerprint density at radius 3 is 2.05 bits per heavy atom. The number of hydrogen-bond acceptors (Lipinski definition) is 4. The van der Waals surface area contributed by atoms with Crippen molar-refractivity contribution in [2.24, 2.45) is 0 Å². The molecule has 0 saturated heterocycles. The largest absolute Gasteiger partial charge is 0.491 e. The fourth-order valence-corrected chi connectivity index (χ4v) is 5.36. The average molecular weight is 544 g/mol. The Morgan fingerprint density at radius 2 is 1.38 bits per heavy atom. The number of aryl methyl sites for hydroxylation is 1. The van der Waals surface area contributed by atoms with Crippen molar-refractivity contribution >= 4 is 6.09 Å². The van der Waals surface area contributed by atoms with Crippen LogP contribution in [0.2, 0.25) is 0 Å². The molecule has 0 fully saturated rings. The maximum absolute atomic E-state index is 12.6. The zero-order valence-corrected chi connectivity index (χ0v) is 24.3. The third kappa shape index (κ3) is 8.59. The van der Waals surface area contributed by atoms with E-state index in [1.807, 2.05) is 24.3 Å². The third-order valence-electron chi connectivity index (χ3n) is 7.71. The van der Waals surface area contributed by atoms with Crippen molar-refractivity contribution in [2.45, 2.75) is 64.2 Å². The highest BCUT2D eigenvalue weighted by atomic mass is 16.6. The molecule has 1 amide bonds. The second kappa shape index (κ2) is 16.1. The molecule has 0 aliphatic heterocycles. The number of amides is 1. The molecule has 4 rings (SSSR count). The third-order valence-corrected chi connectivity index (χ3v) is 7.71. The van der Waals surface area contributed by atoms with Crippen molar-refractivity contribution in [1.82, 2.24) is 4.90 Å². The molecule has 0 unspecified atom stereocenters. The van der Waals surface area contributed by atoms with Gasteiger partial charge < -0.3 is 19.1 Å². The second-order valence-electron chi connectivity index (χ2n) is 10.7. The van der Waals surface area contributed by atoms with E-state index in [0.717, 1.165) is 12.2 Å². The van der Waals surface area contributed by atoms with Crippen molar-refractivity contribution in [2.75, 3.05) is 40.0 Å². The van der Waals surface area contributed by atoms with E-state index in [2.05, 4.69) is 55.5 Å². The quantitative estimate of drug-likeness (QED) is 0.161. The number of benzene rings is 3. The van der Waals surface area contributed by atoms with Crippen LogP contribution in [0.3, 0.4) is 0 Å². The van der Waals surface area contributed by atoms with Gasteiger partial charge in [0.2, 0.25) is 0 Å². The van der Waals surface area contributed by atoms with E-state index >= 15 is 0 Å². The van der Waals surface area contributed by atoms with Gasteiger partial charge in [-0.05, 0) is 52.8 Å². The fourth-order valence-electron chi connectivity index (χ4n) is 5.36. The molecule has 0 spiro atoms. The van der Waals surface area contributed by atoms with E-state index in [0.29, 0.717) is 33.0 Å². The highest BCUT2D eigenvalue weighted by Gasteiger charge is 2.29. The minimum absolute atomic E-state index is 0.0625. The predicted octanol–water partition coefficient (Wildman–Crippen LogP) is 8.26. The Labute approximate surface area is 240 Å². The topological polar surface area (TPSA) is 48.0 Å². The van der Waals surface area contributed by atoms with Crippen LogP contribution in [0.25, 0.3) is 11.1 Å². The standard InChI is InChI=1S/C35H45NO4/c1-3-4-5-6-7-8-9-14-28-19-21-29(22-20-28)39-26-25-38-24-23-36(2)35(37)40-27-34-32-17-12-10-15-30(32)31-16-11-13-18-33(31)34/h10-13,15-22,34H,3-9,14,23-27H2,1-2H3. The van der Waals surface area contributed by atoms with Crippen LogP contribution in [-0.2, 0) is 15.9 Å². The zero-order valence-electron chi connectivity index (χ0n) is 24.3. The first kappa shape index (κ1) is 29.7. The number of carbonyl (C=O) groups excluding carboxylic acids is 1. The maximum atomic E-state index is 12.6. The molecule has 0 atom stereocenters. The molecule has 0 N–H and O–H groups in total. The smallest absolute Gasteiger partial charge is 0.409 e. The molecule has 3 aromatic rings. The summed E-state index contributed by atoms with van der Waals surface area (Å²) >= 11 is 0. The van der Waals surface area contributed by atoms with Gasteiger partial charge in [-0.15, -0.1) is 0 Å². The van der Waals surface area contributed by atoms with E-state index in [1.54, 1.807) is 11.9 Å². The highest BCUT2D eigenvalue weighted by Crippen LogP contribution is 2.44. The molecule has 5 nitrogen and oxygen atoms in total. The molecular weight excluding hydrogens is 498 g/mol. The highest BCUT2D eigenvalue weighted by molar-refractivity contribution is 5.79. The summed E-state index contributed by atoms with van der Waals surface area (Å²) < 4.78 is 17.2. The number of ether oxygens (including phenoxy) is 3. The number of unbranched alkanes of at least 4 members (excludes halogenated alkanes) is 6. The van der Waals surface area contributed by atoms with Crippen LogP contribution in [-0.4, -0.2) is 51.0 Å². The lowest BCUT2D eigenvalue weighted by Crippen LogP contribution is -2.32. The lowest BCUT2D eigenvalue weighted by Gasteiger charge is -2.19. The van der Waals surface area contributed by atoms with Gasteiger partial charge >= 0.3 is 6.09 Å². The number of nitrogens with zero attached hydrogens (tertiary/aromatic N) is 1. The van der Waals surface area contributed by atoms with Crippen molar-refractivity contribution < 1.29 is 19.0 Å². The Balaban J connectivity index is 1.07. The van der Waals surface area contributed by atoms with Crippen molar-refractivity contribution in [3.05, 3.63) is 89.5 Å². The molecule has 5 heteroatoms. The van der Waals surface area contributed by atoms with Gasteiger partial charge in [0.15, 0.2) is 0 Å². The van der Waals surface area contributed by atoms with E-state index in [-0.39, 0.29) is 12.0 Å². The first-order valence-corrected chi connectivity index (χ1v) is 15.0. The van der Waals surface area contributed by atoms with Crippen molar-refractivity contribution in [3.63, 3.8) is 0 Å². The van der Waals surface area contributed by atoms with Crippen molar-refractivity contribution in [3.8, 4) is 16.9 Å². The Kier molecular flexibility index (Phi) is 11.9. The molecule has 1 aliphatic carbocycles. The van der Waals surface area contributed by atoms with Gasteiger partial charge in [-0.3, -0.25) is 0 Å². The predicted molar refractivity (Wildman–Crippen MR) is 162 cm³/mol. The van der Waals surface area contributed by atoms with Gasteiger partial charge in [0.25, 0.3) is 0 Å². The van der Waals surface area contributed by atoms with Crippen LogP contribution in [0.5, 0.6) is 5.75 Å². The van der Waals surface area contributed by atoms with E-state index < -0.39 is 0 Å². The molecular formula is C35H45NO4. The van der Waals surface area contributed by atoms with Crippen LogP contribution >= 0.6 is 0 Å². The molecule has 0 heterocycles. The van der Waals surface area contributed by atoms with E-state index in [4.69, 9.17) is 14.2 Å². The zero-order chi connectivity index (χ0) is 28.0. The summed E-state index contributed by atoms with van der Waals surface area (Å²) in [5.74, 6) is 0.926. The number of hydrogen-bond donors (Lipinski definition) is 0. The first-order valence-electron chi connectivity index (χ1n) is 15.0. The van der Waals surface area contributed by atoms with Gasteiger partial charge in [-0.25, -0.2) is 4.79 Å². The Morgan fingerprint density at radius 1 is 0.750 bits per heavy atom. The van der Waals surface area contributed by atoms with Gasteiger partial charge in [0.05, 0.1) is 13.2 Å². The molecule has 0 aromatic heterocycles. The van der Waals surface area contributed by atoms with Crippen LogP contribution in [0, 0.1) is 0 Å². The lowest BCUT2D eigenvalue weighted by molar-refractivity contribution is 0.0704. The maximum Gasteiger partial charge on any atom is 0.409 e. The lowest BCUT2D eigenvalue weighted by atomic mass is 9.98. The molecule has 214 valence electrons. The van der Waals surface area contributed by atoms with Crippen LogP contribution in [0.15, 0.2) is 72.8 Å². The monoisotopic (exact) mass is 543 g/mol. The average Bonchev–Trinajstić information content (AvgIpc) is 3.31.